The molecule has 1 aromatic rings. The molecule has 0 spiro atoms. The van der Waals surface area contributed by atoms with Crippen molar-refractivity contribution in [1.29, 1.82) is 0 Å². The van der Waals surface area contributed by atoms with Crippen LogP contribution in [-0.2, 0) is 0 Å². The van der Waals surface area contributed by atoms with E-state index in [1.165, 1.54) is 0 Å². The molecule has 4 N–H and O–H groups in total. The molecule has 0 aromatic heterocycles. The lowest BCUT2D eigenvalue weighted by Crippen LogP contribution is -2.25. The first-order valence-corrected chi connectivity index (χ1v) is 6.36. The van der Waals surface area contributed by atoms with E-state index in [-0.39, 0.29) is 18.4 Å². The summed E-state index contributed by atoms with van der Waals surface area (Å²) < 4.78 is 0. The summed E-state index contributed by atoms with van der Waals surface area (Å²) in [5.41, 5.74) is 6.54. The molecule has 1 rings (SSSR count). The monoisotopic (exact) mass is 270 g/mol. The van der Waals surface area contributed by atoms with Crippen LogP contribution in [0.1, 0.15) is 30.1 Å². The van der Waals surface area contributed by atoms with Gasteiger partial charge in [-0.25, -0.2) is 0 Å². The summed E-state index contributed by atoms with van der Waals surface area (Å²) >= 11 is 5.78. The van der Waals surface area contributed by atoms with Crippen LogP contribution in [0.4, 0.5) is 5.69 Å². The maximum absolute atomic E-state index is 11.8. The number of anilines is 1. The van der Waals surface area contributed by atoms with Gasteiger partial charge in [-0.3, -0.25) is 4.79 Å². The van der Waals surface area contributed by atoms with Crippen LogP contribution < -0.4 is 11.1 Å². The van der Waals surface area contributed by atoms with Gasteiger partial charge in [0.2, 0.25) is 0 Å². The molecule has 1 atom stereocenters. The molecule has 0 aliphatic rings. The van der Waals surface area contributed by atoms with Gasteiger partial charge in [0.15, 0.2) is 0 Å². The van der Waals surface area contributed by atoms with Gasteiger partial charge >= 0.3 is 0 Å². The molecule has 0 fully saturated rings. The molecular weight excluding hydrogens is 252 g/mol. The van der Waals surface area contributed by atoms with Crippen LogP contribution in [0.5, 0.6) is 0 Å². The molecular formula is C13H19ClN2O2. The SMILES string of the molecule is CC(CO)CCCNC(=O)c1ccc(Cl)c(N)c1. The smallest absolute Gasteiger partial charge is 0.251 e. The minimum Gasteiger partial charge on any atom is -0.398 e. The largest absolute Gasteiger partial charge is 0.398 e. The second kappa shape index (κ2) is 7.24. The number of nitrogens with two attached hydrogens (primary N) is 1. The summed E-state index contributed by atoms with van der Waals surface area (Å²) in [5, 5.41) is 12.1. The van der Waals surface area contributed by atoms with Gasteiger partial charge in [-0.2, -0.15) is 0 Å². The average Bonchev–Trinajstić information content (AvgIpc) is 2.37. The van der Waals surface area contributed by atoms with E-state index >= 15 is 0 Å². The number of hydrogen-bond donors (Lipinski definition) is 3. The van der Waals surface area contributed by atoms with Crippen LogP contribution in [-0.4, -0.2) is 24.2 Å². The van der Waals surface area contributed by atoms with E-state index in [0.29, 0.717) is 22.8 Å². The third-order valence-electron chi connectivity index (χ3n) is 2.73. The number of rotatable bonds is 6. The predicted octanol–water partition coefficient (Wildman–Crippen LogP) is 2.06. The van der Waals surface area contributed by atoms with Crippen molar-refractivity contribution >= 4 is 23.2 Å². The van der Waals surface area contributed by atoms with Gasteiger partial charge < -0.3 is 16.2 Å². The van der Waals surface area contributed by atoms with Gasteiger partial charge in [0.25, 0.3) is 5.91 Å². The molecule has 4 nitrogen and oxygen atoms in total. The van der Waals surface area contributed by atoms with Gasteiger partial charge in [-0.1, -0.05) is 18.5 Å². The van der Waals surface area contributed by atoms with Crippen molar-refractivity contribution < 1.29 is 9.90 Å². The van der Waals surface area contributed by atoms with Crippen molar-refractivity contribution in [2.45, 2.75) is 19.8 Å². The fourth-order valence-electron chi connectivity index (χ4n) is 1.53. The van der Waals surface area contributed by atoms with Crippen LogP contribution in [0.2, 0.25) is 5.02 Å². The summed E-state index contributed by atoms with van der Waals surface area (Å²) in [6, 6.07) is 4.82. The van der Waals surface area contributed by atoms with Crippen LogP contribution >= 0.6 is 11.6 Å². The Labute approximate surface area is 112 Å². The fraction of sp³-hybridized carbons (Fsp3) is 0.462. The highest BCUT2D eigenvalue weighted by Crippen LogP contribution is 2.19. The Kier molecular flexibility index (Phi) is 5.95. The lowest BCUT2D eigenvalue weighted by atomic mass is 10.1. The first-order valence-electron chi connectivity index (χ1n) is 5.98. The number of nitrogen functional groups attached to an aromatic ring is 1. The fourth-order valence-corrected chi connectivity index (χ4v) is 1.65. The number of carbonyl (C=O) groups excluding carboxylic acids is 1. The van der Waals surface area contributed by atoms with E-state index in [1.54, 1.807) is 18.2 Å². The van der Waals surface area contributed by atoms with E-state index < -0.39 is 0 Å². The first kappa shape index (κ1) is 14.8. The molecule has 0 aliphatic carbocycles. The quantitative estimate of drug-likeness (QED) is 0.547. The van der Waals surface area contributed by atoms with E-state index in [2.05, 4.69) is 5.32 Å². The van der Waals surface area contributed by atoms with Gasteiger partial charge in [0.1, 0.15) is 0 Å². The Morgan fingerprint density at radius 1 is 1.56 bits per heavy atom. The number of benzene rings is 1. The number of carbonyl (C=O) groups is 1. The maximum Gasteiger partial charge on any atom is 0.251 e. The highest BCUT2D eigenvalue weighted by Gasteiger charge is 2.07. The van der Waals surface area contributed by atoms with Crippen molar-refractivity contribution in [3.05, 3.63) is 28.8 Å². The van der Waals surface area contributed by atoms with Crippen LogP contribution in [0.3, 0.4) is 0 Å². The zero-order chi connectivity index (χ0) is 13.5. The molecule has 0 bridgehead atoms. The molecule has 5 heteroatoms. The van der Waals surface area contributed by atoms with Gasteiger partial charge in [0.05, 0.1) is 10.7 Å². The Hall–Kier alpha value is -1.26. The number of halogens is 1. The van der Waals surface area contributed by atoms with E-state index in [0.717, 1.165) is 12.8 Å². The summed E-state index contributed by atoms with van der Waals surface area (Å²) in [5.74, 6) is 0.114. The molecule has 1 unspecified atom stereocenters. The van der Waals surface area contributed by atoms with Crippen molar-refractivity contribution in [3.8, 4) is 0 Å². The number of aliphatic hydroxyl groups excluding tert-OH is 1. The first-order chi connectivity index (χ1) is 8.54. The number of aliphatic hydroxyl groups is 1. The highest BCUT2D eigenvalue weighted by molar-refractivity contribution is 6.33. The zero-order valence-corrected chi connectivity index (χ0v) is 11.2. The predicted molar refractivity (Wildman–Crippen MR) is 73.7 cm³/mol. The molecule has 100 valence electrons. The average molecular weight is 271 g/mol. The second-order valence-electron chi connectivity index (χ2n) is 4.42. The molecule has 1 amide bonds. The standard InChI is InChI=1S/C13H19ClN2O2/c1-9(8-17)3-2-6-16-13(18)10-4-5-11(14)12(15)7-10/h4-5,7,9,17H,2-3,6,8,15H2,1H3,(H,16,18). The summed E-state index contributed by atoms with van der Waals surface area (Å²) in [7, 11) is 0. The van der Waals surface area contributed by atoms with Crippen molar-refractivity contribution in [1.82, 2.24) is 5.32 Å². The van der Waals surface area contributed by atoms with Crippen molar-refractivity contribution in [3.63, 3.8) is 0 Å². The van der Waals surface area contributed by atoms with E-state index in [4.69, 9.17) is 22.4 Å². The highest BCUT2D eigenvalue weighted by atomic mass is 35.5. The molecule has 0 saturated carbocycles. The Bertz CT molecular complexity index is 410. The zero-order valence-electron chi connectivity index (χ0n) is 10.4. The molecule has 18 heavy (non-hydrogen) atoms. The lowest BCUT2D eigenvalue weighted by molar-refractivity contribution is 0.0952. The molecule has 1 aromatic carbocycles. The maximum atomic E-state index is 11.8. The third kappa shape index (κ3) is 4.55. The normalized spacial score (nSPS) is 12.2. The van der Waals surface area contributed by atoms with E-state index in [9.17, 15) is 4.79 Å². The second-order valence-corrected chi connectivity index (χ2v) is 4.83. The summed E-state index contributed by atoms with van der Waals surface area (Å²) in [4.78, 5) is 11.8. The Morgan fingerprint density at radius 3 is 2.89 bits per heavy atom. The topological polar surface area (TPSA) is 75.3 Å². The van der Waals surface area contributed by atoms with Crippen molar-refractivity contribution in [2.24, 2.45) is 5.92 Å². The third-order valence-corrected chi connectivity index (χ3v) is 3.07. The molecule has 0 radical (unpaired) electrons. The number of nitrogens with one attached hydrogen (secondary N) is 1. The van der Waals surface area contributed by atoms with Crippen LogP contribution in [0.15, 0.2) is 18.2 Å². The minimum atomic E-state index is -0.157. The molecule has 0 aliphatic heterocycles. The van der Waals surface area contributed by atoms with Crippen molar-refractivity contribution in [2.75, 3.05) is 18.9 Å². The summed E-state index contributed by atoms with van der Waals surface area (Å²) in [6.45, 7) is 2.75. The van der Waals surface area contributed by atoms with Crippen LogP contribution in [0.25, 0.3) is 0 Å². The van der Waals surface area contributed by atoms with Gasteiger partial charge in [0, 0.05) is 18.7 Å². The minimum absolute atomic E-state index is 0.157. The summed E-state index contributed by atoms with van der Waals surface area (Å²) in [6.07, 6.45) is 1.73. The Balaban J connectivity index is 2.39. The number of amides is 1. The van der Waals surface area contributed by atoms with Gasteiger partial charge in [-0.15, -0.1) is 0 Å². The van der Waals surface area contributed by atoms with E-state index in [1.807, 2.05) is 6.92 Å². The lowest BCUT2D eigenvalue weighted by Gasteiger charge is -2.09. The Morgan fingerprint density at radius 2 is 2.28 bits per heavy atom. The molecule has 0 saturated heterocycles. The van der Waals surface area contributed by atoms with Crippen LogP contribution in [0, 0.1) is 5.92 Å². The molecule has 0 heterocycles. The van der Waals surface area contributed by atoms with Gasteiger partial charge in [-0.05, 0) is 37.0 Å². The number of hydrogen-bond acceptors (Lipinski definition) is 3.